The lowest BCUT2D eigenvalue weighted by Gasteiger charge is -2.34. The molecule has 0 fully saturated rings. The minimum atomic E-state index is -3.67. The van der Waals surface area contributed by atoms with Crippen LogP contribution in [0.5, 0.6) is 0 Å². The molecule has 260 valence electrons. The zero-order valence-corrected chi connectivity index (χ0v) is 24.0. The van der Waals surface area contributed by atoms with Crippen LogP contribution in [0.25, 0.3) is 0 Å². The van der Waals surface area contributed by atoms with E-state index in [2.05, 4.69) is 85.7 Å². The Morgan fingerprint density at radius 2 is 0.930 bits per heavy atom. The summed E-state index contributed by atoms with van der Waals surface area (Å²) in [5.41, 5.74) is 3.00. The van der Waals surface area contributed by atoms with Gasteiger partial charge in [0.05, 0.1) is 31.7 Å². The van der Waals surface area contributed by atoms with Crippen molar-refractivity contribution in [1.82, 2.24) is 0 Å². The Balaban J connectivity index is -0.0000000509. The molecule has 0 aromatic heterocycles. The second-order valence-corrected chi connectivity index (χ2v) is 8.81. The molecule has 0 aliphatic carbocycles. The third-order valence-electron chi connectivity index (χ3n) is 7.00. The Morgan fingerprint density at radius 1 is 0.651 bits per heavy atom. The van der Waals surface area contributed by atoms with Crippen LogP contribution < -0.4 is 4.70 Å². The van der Waals surface area contributed by atoms with Gasteiger partial charge in [-0.05, 0) is 75.6 Å². The van der Waals surface area contributed by atoms with Crippen molar-refractivity contribution in [2.24, 2.45) is 0 Å². The summed E-state index contributed by atoms with van der Waals surface area (Å²) < 4.78 is 30.3. The van der Waals surface area contributed by atoms with E-state index in [0.717, 1.165) is 6.42 Å². The smallest absolute Gasteiger partial charge is 0.762 e. The van der Waals surface area contributed by atoms with Gasteiger partial charge in [-0.15, -0.1) is 0 Å². The van der Waals surface area contributed by atoms with Gasteiger partial charge in [0, 0.05) is 0 Å². The van der Waals surface area contributed by atoms with Crippen molar-refractivity contribution in [3.05, 3.63) is 71.3 Å². The third kappa shape index (κ3) is 29.5. The Bertz CT molecular complexity index is 770. The van der Waals surface area contributed by atoms with Crippen LogP contribution in [0.3, 0.4) is 0 Å². The molecule has 1 N–H and O–H groups in total. The Kier molecular flexibility index (Phi) is 55.9. The van der Waals surface area contributed by atoms with Crippen LogP contribution in [0.1, 0.15) is 146 Å². The van der Waals surface area contributed by atoms with Gasteiger partial charge in [-0.1, -0.05) is 115 Å². The molecule has 0 bridgehead atoms. The number of aromatic carboxylic acids is 1. The van der Waals surface area contributed by atoms with Crippen molar-refractivity contribution >= 4 is 13.5 Å². The molecule has 0 aliphatic heterocycles. The molecule has 2 aromatic carbocycles. The Morgan fingerprint density at radius 3 is 1.14 bits per heavy atom. The van der Waals surface area contributed by atoms with Crippen molar-refractivity contribution in [3.63, 3.8) is 0 Å². The van der Waals surface area contributed by atoms with Crippen LogP contribution in [-0.2, 0) is 0 Å². The summed E-state index contributed by atoms with van der Waals surface area (Å²) in [6.45, 7) is 23.0. The molecule has 0 spiro atoms. The molecule has 2 unspecified atom stereocenters. The minimum absolute atomic E-state index is 0. The van der Waals surface area contributed by atoms with Gasteiger partial charge >= 0.3 is 13.5 Å². The summed E-state index contributed by atoms with van der Waals surface area (Å²) in [6.07, 6.45) is 2.30. The molecule has 2 rings (SSSR count). The summed E-state index contributed by atoms with van der Waals surface area (Å²) in [5, 5.41) is 8.67. The number of benzene rings is 2. The van der Waals surface area contributed by atoms with E-state index in [1.54, 1.807) is 12.1 Å². The number of halogens is 4. The highest BCUT2D eigenvalue weighted by atomic mass is 19.4. The highest BCUT2D eigenvalue weighted by Gasteiger charge is 2.16. The highest BCUT2D eigenvalue weighted by molar-refractivity contribution is 6.33. The van der Waals surface area contributed by atoms with E-state index in [0.29, 0.717) is 17.4 Å². The number of carboxylic acids is 1. The van der Waals surface area contributed by atoms with E-state index in [1.807, 2.05) is 12.1 Å². The van der Waals surface area contributed by atoms with Gasteiger partial charge in [-0.25, -0.2) is 4.79 Å². The van der Waals surface area contributed by atoms with E-state index < -0.39 is 13.5 Å². The van der Waals surface area contributed by atoms with Crippen LogP contribution in [0.15, 0.2) is 54.6 Å². The average molecular weight is 626 g/mol. The van der Waals surface area contributed by atoms with Gasteiger partial charge in [0.1, 0.15) is 0 Å². The Hall–Kier alpha value is -2.35. The van der Waals surface area contributed by atoms with E-state index in [1.165, 1.54) is 48.2 Å². The van der Waals surface area contributed by atoms with Gasteiger partial charge in [0.15, 0.2) is 0 Å². The summed E-state index contributed by atoms with van der Waals surface area (Å²) >= 11 is 0. The molecule has 3 nitrogen and oxygen atoms in total. The largest absolute Gasteiger partial charge is 1.00 e. The van der Waals surface area contributed by atoms with Crippen LogP contribution >= 0.6 is 0 Å². The first-order chi connectivity index (χ1) is 17.0. The molecule has 0 saturated heterocycles. The molecular formula is C35H72BF4NO2. The fourth-order valence-electron chi connectivity index (χ4n) is 3.55. The lowest BCUT2D eigenvalue weighted by molar-refractivity contribution is -0.921. The highest BCUT2D eigenvalue weighted by Crippen LogP contribution is 2.19. The van der Waals surface area contributed by atoms with Crippen molar-refractivity contribution in [3.8, 4) is 0 Å². The molecule has 0 heterocycles. The Labute approximate surface area is 267 Å². The normalized spacial score (nSPS) is 9.93. The zero-order chi connectivity index (χ0) is 28.1. The van der Waals surface area contributed by atoms with E-state index in [9.17, 15) is 17.7 Å². The zero-order valence-electron chi connectivity index (χ0n) is 24.0. The maximum atomic E-state index is 10.6. The number of carboxylic acid groups (broad SMARTS) is 1. The van der Waals surface area contributed by atoms with Crippen LogP contribution in [0, 0.1) is 0 Å². The maximum absolute atomic E-state index is 10.6. The van der Waals surface area contributed by atoms with Gasteiger partial charge in [0.2, 0.25) is 0 Å². The number of nitrogens with zero attached hydrogens (tertiary/aromatic N) is 1. The van der Waals surface area contributed by atoms with E-state index >= 15 is 0 Å². The summed E-state index contributed by atoms with van der Waals surface area (Å²) in [7, 11) is -3.67. The number of hydrogen-bond donors (Lipinski definition) is 1. The monoisotopic (exact) mass is 626 g/mol. The van der Waals surface area contributed by atoms with Crippen LogP contribution in [0.2, 0.25) is 0 Å². The molecule has 0 amide bonds. The lowest BCUT2D eigenvalue weighted by Crippen LogP contribution is -3.00. The first-order valence-electron chi connectivity index (χ1n) is 13.1. The fraction of sp³-hybridized carbons (Fsp3) is 0.629. The third-order valence-corrected chi connectivity index (χ3v) is 7.00. The minimum Gasteiger partial charge on any atom is -1.00 e. The number of quaternary nitrogens is 1. The predicted octanol–water partition coefficient (Wildman–Crippen LogP) is 9.68. The molecular weight excluding hydrogens is 553 g/mol. The average Bonchev–Trinajstić information content (AvgIpc) is 2.90. The molecule has 2 atom stereocenters. The molecule has 8 heteroatoms. The van der Waals surface area contributed by atoms with Crippen molar-refractivity contribution < 1.29 is 32.0 Å². The molecule has 43 heavy (non-hydrogen) atoms. The van der Waals surface area contributed by atoms with Gasteiger partial charge in [-0.3, -0.25) is 12.9 Å². The number of carbonyl (C=O) groups is 1. The van der Waals surface area contributed by atoms with Gasteiger partial charge in [-0.2, -0.15) is 0 Å². The lowest BCUT2D eigenvalue weighted by atomic mass is 9.98. The SMILES string of the molecule is C.C.C.C.C.C.CCC(C)c1ccc(C(=O)O)cc1.CCC(C)c1ccccc1.CC[N+](CC)(CC)CC.FB(F)F.[F-]. The summed E-state index contributed by atoms with van der Waals surface area (Å²) in [6, 6.07) is 17.7. The molecule has 0 radical (unpaired) electrons. The van der Waals surface area contributed by atoms with Crippen LogP contribution in [-0.4, -0.2) is 49.3 Å². The van der Waals surface area contributed by atoms with E-state index in [-0.39, 0.29) is 49.3 Å². The number of hydrogen-bond acceptors (Lipinski definition) is 1. The molecule has 0 aliphatic rings. The van der Waals surface area contributed by atoms with Crippen molar-refractivity contribution in [2.45, 2.75) is 125 Å². The molecule has 0 saturated carbocycles. The quantitative estimate of drug-likeness (QED) is 0.171. The van der Waals surface area contributed by atoms with E-state index in [4.69, 9.17) is 5.11 Å². The van der Waals surface area contributed by atoms with Crippen molar-refractivity contribution in [2.75, 3.05) is 26.2 Å². The number of rotatable bonds is 9. The topological polar surface area (TPSA) is 37.3 Å². The molecule has 2 aromatic rings. The first-order valence-corrected chi connectivity index (χ1v) is 13.1. The second kappa shape index (κ2) is 37.7. The van der Waals surface area contributed by atoms with Crippen LogP contribution in [0.4, 0.5) is 12.9 Å². The fourth-order valence-corrected chi connectivity index (χ4v) is 3.55. The first kappa shape index (κ1) is 63.8. The summed E-state index contributed by atoms with van der Waals surface area (Å²) in [4.78, 5) is 10.6. The van der Waals surface area contributed by atoms with Crippen molar-refractivity contribution in [1.29, 1.82) is 0 Å². The predicted molar refractivity (Wildman–Crippen MR) is 189 cm³/mol. The second-order valence-electron chi connectivity index (χ2n) is 8.81. The maximum Gasteiger partial charge on any atom is 0.762 e. The standard InChI is InChI=1S/C11H14O2.C10H14.C8H20N.6CH4.BF3.FH/c1-3-8(2)9-4-6-10(7-5-9)11(12)13;1-3-9(2)10-7-5-4-6-8-10;1-5-9(6-2,7-3)8-4;;;;;;;2-1(3)4;/h4-8H,3H2,1-2H3,(H,12,13);4-9H,3H2,1-2H3;5-8H2,1-4H3;6*1H4;;1H/q;;+1;;;;;;;;/p-1. The van der Waals surface area contributed by atoms with Gasteiger partial charge < -0.3 is 14.3 Å². The van der Waals surface area contributed by atoms with Gasteiger partial charge in [0.25, 0.3) is 0 Å². The summed E-state index contributed by atoms with van der Waals surface area (Å²) in [5.74, 6) is 0.347.